The predicted octanol–water partition coefficient (Wildman–Crippen LogP) is 3.11. The first-order valence-corrected chi connectivity index (χ1v) is 10.9. The monoisotopic (exact) mass is 452 g/mol. The lowest BCUT2D eigenvalue weighted by molar-refractivity contribution is 0.102. The van der Waals surface area contributed by atoms with Gasteiger partial charge >= 0.3 is 0 Å². The molecule has 1 aliphatic rings. The van der Waals surface area contributed by atoms with E-state index in [0.29, 0.717) is 10.2 Å². The summed E-state index contributed by atoms with van der Waals surface area (Å²) in [6.07, 6.45) is 3.23. The van der Waals surface area contributed by atoms with Crippen LogP contribution in [-0.4, -0.2) is 34.6 Å². The Bertz CT molecular complexity index is 960. The fraction of sp³-hybridized carbons (Fsp3) is 0.316. The van der Waals surface area contributed by atoms with E-state index in [1.807, 2.05) is 18.2 Å². The van der Waals surface area contributed by atoms with Crippen LogP contribution in [0.4, 0.5) is 5.69 Å². The van der Waals surface area contributed by atoms with Crippen LogP contribution < -0.4 is 10.0 Å². The Morgan fingerprint density at radius 3 is 2.70 bits per heavy atom. The fourth-order valence-corrected chi connectivity index (χ4v) is 4.52. The second-order valence-electron chi connectivity index (χ2n) is 6.32. The molecule has 144 valence electrons. The van der Waals surface area contributed by atoms with Gasteiger partial charge in [0.15, 0.2) is 0 Å². The summed E-state index contributed by atoms with van der Waals surface area (Å²) in [7, 11) is -2.22. The van der Waals surface area contributed by atoms with Crippen LogP contribution in [0.1, 0.15) is 27.9 Å². The summed E-state index contributed by atoms with van der Waals surface area (Å²) >= 11 is 3.33. The van der Waals surface area contributed by atoms with Gasteiger partial charge in [0.1, 0.15) is 0 Å². The molecule has 1 aliphatic carbocycles. The van der Waals surface area contributed by atoms with Crippen molar-refractivity contribution >= 4 is 37.5 Å². The van der Waals surface area contributed by atoms with Crippen molar-refractivity contribution in [1.29, 1.82) is 0 Å². The quantitative estimate of drug-likeness (QED) is 0.631. The van der Waals surface area contributed by atoms with Gasteiger partial charge in [-0.05, 0) is 76.7 Å². The van der Waals surface area contributed by atoms with Gasteiger partial charge in [-0.15, -0.1) is 0 Å². The highest BCUT2D eigenvalue weighted by Crippen LogP contribution is 2.26. The molecule has 27 heavy (non-hydrogen) atoms. The first-order valence-electron chi connectivity index (χ1n) is 8.62. The Balaban J connectivity index is 1.80. The first-order chi connectivity index (χ1) is 12.9. The molecule has 0 saturated heterocycles. The molecule has 6 nitrogen and oxygen atoms in total. The summed E-state index contributed by atoms with van der Waals surface area (Å²) < 4.78 is 32.5. The summed E-state index contributed by atoms with van der Waals surface area (Å²) in [5.41, 5.74) is 3.54. The molecule has 2 aromatic rings. The third kappa shape index (κ3) is 4.76. The number of nitrogens with one attached hydrogen (secondary N) is 2. The maximum Gasteiger partial charge on any atom is 0.256 e. The van der Waals surface area contributed by atoms with Crippen molar-refractivity contribution in [2.75, 3.05) is 25.6 Å². The van der Waals surface area contributed by atoms with Gasteiger partial charge in [0.05, 0.1) is 17.1 Å². The molecular weight excluding hydrogens is 432 g/mol. The van der Waals surface area contributed by atoms with Crippen LogP contribution in [0.3, 0.4) is 0 Å². The van der Waals surface area contributed by atoms with E-state index in [-0.39, 0.29) is 29.5 Å². The molecule has 2 aromatic carbocycles. The van der Waals surface area contributed by atoms with Gasteiger partial charge in [0, 0.05) is 23.8 Å². The molecule has 0 heterocycles. The van der Waals surface area contributed by atoms with Crippen LogP contribution >= 0.6 is 15.9 Å². The molecular formula is C19H21BrN2O4S. The molecule has 3 rings (SSSR count). The number of carbonyl (C=O) groups is 1. The van der Waals surface area contributed by atoms with Crippen molar-refractivity contribution in [3.05, 3.63) is 57.6 Å². The van der Waals surface area contributed by atoms with E-state index in [9.17, 15) is 13.2 Å². The number of anilines is 1. The Hall–Kier alpha value is -1.74. The van der Waals surface area contributed by atoms with Gasteiger partial charge in [-0.3, -0.25) is 4.79 Å². The van der Waals surface area contributed by atoms with Gasteiger partial charge in [0.2, 0.25) is 10.0 Å². The minimum absolute atomic E-state index is 0.0286. The zero-order valence-corrected chi connectivity index (χ0v) is 17.3. The molecule has 0 saturated carbocycles. The Morgan fingerprint density at radius 2 is 1.93 bits per heavy atom. The van der Waals surface area contributed by atoms with E-state index in [1.165, 1.54) is 30.4 Å². The largest absolute Gasteiger partial charge is 0.383 e. The number of benzene rings is 2. The predicted molar refractivity (Wildman–Crippen MR) is 108 cm³/mol. The molecule has 0 aromatic heterocycles. The lowest BCUT2D eigenvalue weighted by Gasteiger charge is -2.11. The number of sulfonamides is 1. The summed E-state index contributed by atoms with van der Waals surface area (Å²) in [6, 6.07) is 10.3. The second-order valence-corrected chi connectivity index (χ2v) is 8.94. The maximum atomic E-state index is 12.7. The first kappa shape index (κ1) is 20.0. The molecule has 0 spiro atoms. The normalized spacial score (nSPS) is 13.4. The van der Waals surface area contributed by atoms with E-state index in [1.54, 1.807) is 6.07 Å². The smallest absolute Gasteiger partial charge is 0.256 e. The molecule has 0 unspecified atom stereocenters. The SMILES string of the molecule is COCCNS(=O)(=O)c1ccc(Br)c(C(=O)Nc2ccc3c(c2)CCC3)c1. The summed E-state index contributed by atoms with van der Waals surface area (Å²) in [5.74, 6) is -0.367. The van der Waals surface area contributed by atoms with E-state index >= 15 is 0 Å². The zero-order chi connectivity index (χ0) is 19.4. The Morgan fingerprint density at radius 1 is 1.15 bits per heavy atom. The molecule has 0 atom stereocenters. The molecule has 0 aliphatic heterocycles. The number of methoxy groups -OCH3 is 1. The van der Waals surface area contributed by atoms with E-state index in [4.69, 9.17) is 4.74 Å². The minimum Gasteiger partial charge on any atom is -0.383 e. The Kier molecular flexibility index (Phi) is 6.31. The van der Waals surface area contributed by atoms with Crippen LogP contribution in [0.2, 0.25) is 0 Å². The minimum atomic E-state index is -3.72. The maximum absolute atomic E-state index is 12.7. The van der Waals surface area contributed by atoms with Crippen molar-refractivity contribution in [3.63, 3.8) is 0 Å². The average Bonchev–Trinajstić information content (AvgIpc) is 3.09. The van der Waals surface area contributed by atoms with Crippen LogP contribution in [0.5, 0.6) is 0 Å². The molecule has 1 amide bonds. The van der Waals surface area contributed by atoms with E-state index in [2.05, 4.69) is 26.0 Å². The summed E-state index contributed by atoms with van der Waals surface area (Å²) in [4.78, 5) is 12.7. The van der Waals surface area contributed by atoms with Crippen molar-refractivity contribution < 1.29 is 17.9 Å². The lowest BCUT2D eigenvalue weighted by atomic mass is 10.1. The number of fused-ring (bicyclic) bond motifs is 1. The average molecular weight is 453 g/mol. The van der Waals surface area contributed by atoms with E-state index < -0.39 is 10.0 Å². The van der Waals surface area contributed by atoms with Crippen LogP contribution in [0.15, 0.2) is 45.8 Å². The molecule has 2 N–H and O–H groups in total. The summed E-state index contributed by atoms with van der Waals surface area (Å²) in [6.45, 7) is 0.424. The van der Waals surface area contributed by atoms with Crippen molar-refractivity contribution in [2.45, 2.75) is 24.2 Å². The van der Waals surface area contributed by atoms with Crippen molar-refractivity contribution in [1.82, 2.24) is 4.72 Å². The van der Waals surface area contributed by atoms with Crippen molar-refractivity contribution in [3.8, 4) is 0 Å². The van der Waals surface area contributed by atoms with Gasteiger partial charge < -0.3 is 10.1 Å². The standard InChI is InChI=1S/C19H21BrN2O4S/c1-26-10-9-21-27(24,25)16-7-8-18(20)17(12-16)19(23)22-15-6-5-13-3-2-4-14(13)11-15/h5-8,11-12,21H,2-4,9-10H2,1H3,(H,22,23). The van der Waals surface area contributed by atoms with Gasteiger partial charge in [-0.25, -0.2) is 13.1 Å². The van der Waals surface area contributed by atoms with Crippen LogP contribution in [-0.2, 0) is 27.6 Å². The molecule has 0 radical (unpaired) electrons. The fourth-order valence-electron chi connectivity index (χ4n) is 3.05. The number of ether oxygens (including phenoxy) is 1. The molecule has 8 heteroatoms. The van der Waals surface area contributed by atoms with E-state index in [0.717, 1.165) is 19.3 Å². The van der Waals surface area contributed by atoms with Gasteiger partial charge in [-0.2, -0.15) is 0 Å². The van der Waals surface area contributed by atoms with Gasteiger partial charge in [-0.1, -0.05) is 6.07 Å². The number of aryl methyl sites for hydroxylation is 2. The summed E-state index contributed by atoms with van der Waals surface area (Å²) in [5, 5.41) is 2.86. The highest BCUT2D eigenvalue weighted by Gasteiger charge is 2.19. The highest BCUT2D eigenvalue weighted by atomic mass is 79.9. The number of halogens is 1. The number of hydrogen-bond donors (Lipinski definition) is 2. The number of carbonyl (C=O) groups excluding carboxylic acids is 1. The molecule has 0 fully saturated rings. The lowest BCUT2D eigenvalue weighted by Crippen LogP contribution is -2.27. The third-order valence-electron chi connectivity index (χ3n) is 4.45. The topological polar surface area (TPSA) is 84.5 Å². The van der Waals surface area contributed by atoms with Crippen LogP contribution in [0.25, 0.3) is 0 Å². The third-order valence-corrected chi connectivity index (χ3v) is 6.60. The number of hydrogen-bond acceptors (Lipinski definition) is 4. The Labute approximate surface area is 167 Å². The number of amides is 1. The van der Waals surface area contributed by atoms with Crippen LogP contribution in [0, 0.1) is 0 Å². The van der Waals surface area contributed by atoms with Gasteiger partial charge in [0.25, 0.3) is 5.91 Å². The second kappa shape index (κ2) is 8.52. The number of rotatable bonds is 7. The highest BCUT2D eigenvalue weighted by molar-refractivity contribution is 9.10. The zero-order valence-electron chi connectivity index (χ0n) is 14.9. The van der Waals surface area contributed by atoms with Crippen molar-refractivity contribution in [2.24, 2.45) is 0 Å². The molecule has 0 bridgehead atoms.